The van der Waals surface area contributed by atoms with Gasteiger partial charge in [-0.3, -0.25) is 4.79 Å². The number of amides is 1. The molecule has 7 nitrogen and oxygen atoms in total. The van der Waals surface area contributed by atoms with Crippen LogP contribution >= 0.6 is 0 Å². The van der Waals surface area contributed by atoms with Gasteiger partial charge >= 0.3 is 5.97 Å². The number of fused-ring (bicyclic) bond motifs is 1. The normalized spacial score (nSPS) is 20.7. The number of carbonyl (C=O) groups is 2. The van der Waals surface area contributed by atoms with Crippen LogP contribution < -0.4 is 10.6 Å². The first-order valence-electron chi connectivity index (χ1n) is 13.2. The lowest BCUT2D eigenvalue weighted by molar-refractivity contribution is -0.143. The van der Waals surface area contributed by atoms with Crippen molar-refractivity contribution in [2.24, 2.45) is 5.92 Å². The highest BCUT2D eigenvalue weighted by Crippen LogP contribution is 2.36. The van der Waals surface area contributed by atoms with Crippen molar-refractivity contribution in [1.29, 1.82) is 0 Å². The van der Waals surface area contributed by atoms with Crippen LogP contribution in [-0.4, -0.2) is 64.5 Å². The van der Waals surface area contributed by atoms with E-state index in [0.717, 1.165) is 69.5 Å². The summed E-state index contributed by atoms with van der Waals surface area (Å²) in [6.07, 6.45) is 7.33. The van der Waals surface area contributed by atoms with E-state index in [9.17, 15) is 23.5 Å². The average molecular weight is 493 g/mol. The van der Waals surface area contributed by atoms with E-state index >= 15 is 0 Å². The lowest BCUT2D eigenvalue weighted by atomic mass is 9.86. The maximum absolute atomic E-state index is 13.4. The molecule has 1 atom stereocenters. The van der Waals surface area contributed by atoms with Gasteiger partial charge in [0.25, 0.3) is 0 Å². The minimum atomic E-state index is -2.71. The number of aliphatic carboxylic acids is 1. The van der Waals surface area contributed by atoms with Crippen molar-refractivity contribution in [2.45, 2.75) is 95.1 Å². The van der Waals surface area contributed by atoms with Gasteiger partial charge < -0.3 is 20.6 Å². The van der Waals surface area contributed by atoms with E-state index < -0.39 is 29.8 Å². The smallest absolute Gasteiger partial charge is 0.326 e. The molecule has 1 aromatic heterocycles. The number of unbranched alkanes of at least 4 members (excludes halogenated alkanes) is 1. The average Bonchev–Trinajstić information content (AvgIpc) is 3.67. The van der Waals surface area contributed by atoms with Crippen molar-refractivity contribution in [1.82, 2.24) is 15.2 Å². The molecule has 1 unspecified atom stereocenters. The molecule has 0 saturated heterocycles. The molecular weight excluding hydrogens is 454 g/mol. The first-order chi connectivity index (χ1) is 16.8. The Labute approximate surface area is 206 Å². The minimum absolute atomic E-state index is 0.106. The SMILES string of the molecule is O=C(NC(CCN(CCCCc1ccc2c(n1)NCCC2)C1CC1)C(=O)O)C1CCC(F)(F)CC1. The molecule has 4 rings (SSSR count). The van der Waals surface area contributed by atoms with Gasteiger partial charge in [0.2, 0.25) is 11.8 Å². The van der Waals surface area contributed by atoms with Crippen LogP contribution in [0.15, 0.2) is 12.1 Å². The third-order valence-corrected chi connectivity index (χ3v) is 7.55. The number of hydrogen-bond donors (Lipinski definition) is 3. The molecule has 194 valence electrons. The van der Waals surface area contributed by atoms with Crippen molar-refractivity contribution in [3.05, 3.63) is 23.4 Å². The number of carboxylic acids is 1. The Balaban J connectivity index is 1.20. The van der Waals surface area contributed by atoms with E-state index in [4.69, 9.17) is 4.98 Å². The quantitative estimate of drug-likeness (QED) is 0.382. The van der Waals surface area contributed by atoms with Crippen molar-refractivity contribution in [3.8, 4) is 0 Å². The molecule has 1 amide bonds. The first-order valence-corrected chi connectivity index (χ1v) is 13.2. The maximum Gasteiger partial charge on any atom is 0.326 e. The molecule has 1 aromatic rings. The molecule has 3 N–H and O–H groups in total. The zero-order valence-corrected chi connectivity index (χ0v) is 20.4. The number of aromatic nitrogens is 1. The Morgan fingerprint density at radius 1 is 1.17 bits per heavy atom. The van der Waals surface area contributed by atoms with Crippen molar-refractivity contribution < 1.29 is 23.5 Å². The minimum Gasteiger partial charge on any atom is -0.480 e. The molecular formula is C26H38F2N4O3. The summed E-state index contributed by atoms with van der Waals surface area (Å²) < 4.78 is 26.8. The van der Waals surface area contributed by atoms with Gasteiger partial charge in [0, 0.05) is 43.6 Å². The lowest BCUT2D eigenvalue weighted by Gasteiger charge is -2.29. The van der Waals surface area contributed by atoms with Crippen molar-refractivity contribution >= 4 is 17.7 Å². The van der Waals surface area contributed by atoms with E-state index in [1.807, 2.05) is 0 Å². The van der Waals surface area contributed by atoms with Crippen LogP contribution in [0.2, 0.25) is 0 Å². The fourth-order valence-electron chi connectivity index (χ4n) is 5.19. The Morgan fingerprint density at radius 2 is 1.94 bits per heavy atom. The summed E-state index contributed by atoms with van der Waals surface area (Å²) in [6.45, 7) is 2.48. The number of anilines is 1. The number of alkyl halides is 2. The van der Waals surface area contributed by atoms with Crippen LogP contribution in [-0.2, 0) is 22.4 Å². The van der Waals surface area contributed by atoms with Gasteiger partial charge in [0.05, 0.1) is 0 Å². The summed E-state index contributed by atoms with van der Waals surface area (Å²) in [6, 6.07) is 3.81. The summed E-state index contributed by atoms with van der Waals surface area (Å²) in [5.74, 6) is -3.68. The molecule has 0 radical (unpaired) electrons. The van der Waals surface area contributed by atoms with Gasteiger partial charge in [-0.1, -0.05) is 6.07 Å². The number of halogens is 2. The van der Waals surface area contributed by atoms with Crippen molar-refractivity contribution in [2.75, 3.05) is 25.0 Å². The highest BCUT2D eigenvalue weighted by Gasteiger charge is 2.38. The second-order valence-corrected chi connectivity index (χ2v) is 10.4. The second kappa shape index (κ2) is 11.6. The van der Waals surface area contributed by atoms with E-state index in [-0.39, 0.29) is 25.7 Å². The van der Waals surface area contributed by atoms with E-state index in [1.165, 1.54) is 5.56 Å². The van der Waals surface area contributed by atoms with Crippen LogP contribution in [0.25, 0.3) is 0 Å². The Kier molecular flexibility index (Phi) is 8.57. The van der Waals surface area contributed by atoms with Crippen LogP contribution in [0.4, 0.5) is 14.6 Å². The molecule has 0 bridgehead atoms. The number of pyridine rings is 1. The molecule has 1 aliphatic heterocycles. The summed E-state index contributed by atoms with van der Waals surface area (Å²) in [7, 11) is 0. The van der Waals surface area contributed by atoms with Crippen LogP contribution in [0.3, 0.4) is 0 Å². The molecule has 0 spiro atoms. The van der Waals surface area contributed by atoms with Crippen LogP contribution in [0.1, 0.15) is 75.5 Å². The molecule has 2 heterocycles. The topological polar surface area (TPSA) is 94.6 Å². The molecule has 0 aromatic carbocycles. The highest BCUT2D eigenvalue weighted by molar-refractivity contribution is 5.85. The second-order valence-electron chi connectivity index (χ2n) is 10.4. The summed E-state index contributed by atoms with van der Waals surface area (Å²) in [5, 5.41) is 15.6. The largest absolute Gasteiger partial charge is 0.480 e. The Hall–Kier alpha value is -2.29. The van der Waals surface area contributed by atoms with Gasteiger partial charge in [-0.05, 0) is 82.4 Å². The first kappa shape index (κ1) is 25.8. The molecule has 35 heavy (non-hydrogen) atoms. The molecule has 2 aliphatic carbocycles. The van der Waals surface area contributed by atoms with Gasteiger partial charge in [-0.2, -0.15) is 0 Å². The summed E-state index contributed by atoms with van der Waals surface area (Å²) >= 11 is 0. The number of nitrogens with zero attached hydrogens (tertiary/aromatic N) is 2. The fraction of sp³-hybridized carbons (Fsp3) is 0.731. The van der Waals surface area contributed by atoms with E-state index in [0.29, 0.717) is 19.0 Å². The Bertz CT molecular complexity index is 883. The van der Waals surface area contributed by atoms with Crippen LogP contribution in [0, 0.1) is 5.92 Å². The molecule has 3 aliphatic rings. The lowest BCUT2D eigenvalue weighted by Crippen LogP contribution is -2.46. The molecule has 2 saturated carbocycles. The van der Waals surface area contributed by atoms with Gasteiger partial charge in [-0.15, -0.1) is 0 Å². The number of carbonyl (C=O) groups excluding carboxylic acids is 1. The van der Waals surface area contributed by atoms with E-state index in [1.54, 1.807) is 0 Å². The monoisotopic (exact) mass is 492 g/mol. The number of rotatable bonds is 12. The maximum atomic E-state index is 13.4. The third kappa shape index (κ3) is 7.59. The van der Waals surface area contributed by atoms with Gasteiger partial charge in [-0.25, -0.2) is 18.6 Å². The summed E-state index contributed by atoms with van der Waals surface area (Å²) in [4.78, 5) is 31.4. The summed E-state index contributed by atoms with van der Waals surface area (Å²) in [5.41, 5.74) is 2.40. The van der Waals surface area contributed by atoms with E-state index in [2.05, 4.69) is 27.7 Å². The zero-order valence-electron chi connectivity index (χ0n) is 20.4. The zero-order chi connectivity index (χ0) is 24.8. The Morgan fingerprint density at radius 3 is 2.66 bits per heavy atom. The molecule has 2 fully saturated rings. The highest BCUT2D eigenvalue weighted by atomic mass is 19.3. The third-order valence-electron chi connectivity index (χ3n) is 7.55. The predicted octanol–water partition coefficient (Wildman–Crippen LogP) is 4.01. The number of carboxylic acid groups (broad SMARTS) is 1. The van der Waals surface area contributed by atoms with Crippen LogP contribution in [0.5, 0.6) is 0 Å². The predicted molar refractivity (Wildman–Crippen MR) is 130 cm³/mol. The number of aryl methyl sites for hydroxylation is 2. The van der Waals surface area contributed by atoms with Gasteiger partial charge in [0.1, 0.15) is 11.9 Å². The van der Waals surface area contributed by atoms with Crippen molar-refractivity contribution in [3.63, 3.8) is 0 Å². The van der Waals surface area contributed by atoms with Gasteiger partial charge in [0.15, 0.2) is 0 Å². The fourth-order valence-corrected chi connectivity index (χ4v) is 5.19. The molecule has 9 heteroatoms. The number of hydrogen-bond acceptors (Lipinski definition) is 5. The standard InChI is InChI=1S/C26H38F2N4O3/c27-26(28)13-10-19(11-14-26)24(33)31-22(25(34)35)12-17-32(21-8-9-21)16-2-1-5-20-7-6-18-4-3-15-29-23(18)30-20/h6-7,19,21-22H,1-5,8-17H2,(H,29,30)(H,31,33)(H,34,35). The number of nitrogens with one attached hydrogen (secondary N) is 2.